The van der Waals surface area contributed by atoms with Crippen LogP contribution in [0.3, 0.4) is 0 Å². The van der Waals surface area contributed by atoms with Gasteiger partial charge in [0, 0.05) is 0 Å². The van der Waals surface area contributed by atoms with Crippen molar-refractivity contribution in [3.63, 3.8) is 0 Å². The minimum Gasteiger partial charge on any atom is -0.504 e. The van der Waals surface area contributed by atoms with E-state index >= 15 is 0 Å². The Bertz CT molecular complexity index is 978. The van der Waals surface area contributed by atoms with Crippen LogP contribution in [-0.2, 0) is 0 Å². The van der Waals surface area contributed by atoms with Gasteiger partial charge in [-0.05, 0) is 37.6 Å². The van der Waals surface area contributed by atoms with E-state index in [9.17, 15) is 9.90 Å². The summed E-state index contributed by atoms with van der Waals surface area (Å²) in [5, 5.41) is 14.5. The number of phenols is 1. The molecule has 2 N–H and O–H groups in total. The molecule has 0 aliphatic carbocycles. The number of phenolic OH excluding ortho intramolecular Hbond substituents is 1. The highest BCUT2D eigenvalue weighted by Gasteiger charge is 2.18. The lowest BCUT2D eigenvalue weighted by Crippen LogP contribution is -2.17. The predicted molar refractivity (Wildman–Crippen MR) is 102 cm³/mol. The van der Waals surface area contributed by atoms with Crippen molar-refractivity contribution in [1.29, 1.82) is 0 Å². The van der Waals surface area contributed by atoms with Gasteiger partial charge >= 0.3 is 0 Å². The van der Waals surface area contributed by atoms with E-state index in [2.05, 4.69) is 20.5 Å². The van der Waals surface area contributed by atoms with Gasteiger partial charge in [0.25, 0.3) is 5.91 Å². The second kappa shape index (κ2) is 7.63. The molecule has 0 saturated carbocycles. The van der Waals surface area contributed by atoms with Gasteiger partial charge in [-0.1, -0.05) is 0 Å². The van der Waals surface area contributed by atoms with Crippen LogP contribution < -0.4 is 10.2 Å². The van der Waals surface area contributed by atoms with Crippen molar-refractivity contribution in [2.75, 3.05) is 7.11 Å². The van der Waals surface area contributed by atoms with Crippen LogP contribution in [0.4, 0.5) is 0 Å². The summed E-state index contributed by atoms with van der Waals surface area (Å²) >= 11 is 2.81. The number of amides is 1. The van der Waals surface area contributed by atoms with Crippen molar-refractivity contribution in [3.05, 3.63) is 45.5 Å². The smallest absolute Gasteiger partial charge is 0.283 e. The predicted octanol–water partition coefficient (Wildman–Crippen LogP) is 3.36. The number of thiazole rings is 2. The molecule has 3 aromatic rings. The Kier molecular flexibility index (Phi) is 5.29. The van der Waals surface area contributed by atoms with E-state index in [4.69, 9.17) is 4.74 Å². The van der Waals surface area contributed by atoms with Crippen LogP contribution in [0.25, 0.3) is 9.88 Å². The fraction of sp³-hybridized carbons (Fsp3) is 0.176. The molecule has 0 radical (unpaired) electrons. The van der Waals surface area contributed by atoms with Crippen LogP contribution in [0.2, 0.25) is 0 Å². The third-order valence-corrected chi connectivity index (χ3v) is 5.76. The number of aromatic nitrogens is 2. The van der Waals surface area contributed by atoms with Gasteiger partial charge in [0.05, 0.1) is 35.1 Å². The van der Waals surface area contributed by atoms with Crippen LogP contribution in [-0.4, -0.2) is 34.3 Å². The van der Waals surface area contributed by atoms with Crippen LogP contribution >= 0.6 is 22.7 Å². The molecule has 0 aliphatic rings. The molecule has 134 valence electrons. The summed E-state index contributed by atoms with van der Waals surface area (Å²) in [6, 6.07) is 4.84. The Morgan fingerprint density at radius 1 is 1.35 bits per heavy atom. The maximum Gasteiger partial charge on any atom is 0.283 e. The zero-order chi connectivity index (χ0) is 18.7. The second-order valence-electron chi connectivity index (χ2n) is 5.33. The summed E-state index contributed by atoms with van der Waals surface area (Å²) < 4.78 is 4.98. The first-order valence-electron chi connectivity index (χ1n) is 7.58. The number of aryl methyl sites for hydroxylation is 2. The van der Waals surface area contributed by atoms with Gasteiger partial charge in [-0.3, -0.25) is 4.79 Å². The summed E-state index contributed by atoms with van der Waals surface area (Å²) in [6.07, 6.45) is 1.45. The normalized spacial score (nSPS) is 11.0. The van der Waals surface area contributed by atoms with E-state index in [0.29, 0.717) is 21.9 Å². The first-order valence-corrected chi connectivity index (χ1v) is 9.27. The molecule has 0 saturated heterocycles. The van der Waals surface area contributed by atoms with Crippen molar-refractivity contribution in [3.8, 4) is 21.4 Å². The molecule has 0 atom stereocenters. The highest BCUT2D eigenvalue weighted by molar-refractivity contribution is 7.22. The van der Waals surface area contributed by atoms with E-state index in [0.717, 1.165) is 15.6 Å². The van der Waals surface area contributed by atoms with Gasteiger partial charge in [0.1, 0.15) is 9.88 Å². The highest BCUT2D eigenvalue weighted by Crippen LogP contribution is 2.32. The number of hydrogen-bond acceptors (Lipinski definition) is 8. The highest BCUT2D eigenvalue weighted by atomic mass is 32.1. The number of hydrazone groups is 1. The monoisotopic (exact) mass is 388 g/mol. The largest absolute Gasteiger partial charge is 0.504 e. The zero-order valence-electron chi connectivity index (χ0n) is 14.3. The number of nitrogens with zero attached hydrogens (tertiary/aromatic N) is 3. The molecular formula is C17H16N4O3S2. The van der Waals surface area contributed by atoms with Gasteiger partial charge in [0.2, 0.25) is 0 Å². The summed E-state index contributed by atoms with van der Waals surface area (Å²) in [4.78, 5) is 22.5. The van der Waals surface area contributed by atoms with E-state index < -0.39 is 0 Å². The fourth-order valence-corrected chi connectivity index (χ4v) is 4.12. The fourth-order valence-electron chi connectivity index (χ4n) is 2.21. The summed E-state index contributed by atoms with van der Waals surface area (Å²) in [5.41, 5.74) is 6.42. The lowest BCUT2D eigenvalue weighted by atomic mass is 10.2. The standard InChI is InChI=1S/C17H16N4O3S2/c1-9-15(25-8-18-9)17-20-10(2)14(26-17)16(23)21-19-7-11-4-5-13(24-3)12(22)6-11/h4-8,22H,1-3H3,(H,21,23)/b19-7+. The number of nitrogens with one attached hydrogen (secondary N) is 1. The average molecular weight is 388 g/mol. The second-order valence-corrected chi connectivity index (χ2v) is 7.18. The molecule has 0 unspecified atom stereocenters. The van der Waals surface area contributed by atoms with Crippen molar-refractivity contribution in [2.24, 2.45) is 5.10 Å². The Morgan fingerprint density at radius 2 is 2.15 bits per heavy atom. The number of methoxy groups -OCH3 is 1. The van der Waals surface area contributed by atoms with E-state index in [-0.39, 0.29) is 11.7 Å². The van der Waals surface area contributed by atoms with Crippen molar-refractivity contribution in [2.45, 2.75) is 13.8 Å². The minimum atomic E-state index is -0.331. The van der Waals surface area contributed by atoms with E-state index in [1.807, 2.05) is 6.92 Å². The molecule has 2 aromatic heterocycles. The van der Waals surface area contributed by atoms with Crippen molar-refractivity contribution in [1.82, 2.24) is 15.4 Å². The number of ether oxygens (including phenoxy) is 1. The molecule has 0 aliphatic heterocycles. The van der Waals surface area contributed by atoms with E-state index in [1.165, 1.54) is 42.1 Å². The zero-order valence-corrected chi connectivity index (χ0v) is 15.9. The minimum absolute atomic E-state index is 0.00523. The lowest BCUT2D eigenvalue weighted by Gasteiger charge is -2.03. The summed E-state index contributed by atoms with van der Waals surface area (Å²) in [7, 11) is 1.47. The number of rotatable bonds is 5. The molecule has 9 heteroatoms. The first-order chi connectivity index (χ1) is 12.5. The molecule has 7 nitrogen and oxygen atoms in total. The SMILES string of the molecule is COc1ccc(/C=N/NC(=O)c2sc(-c3scnc3C)nc2C)cc1O. The van der Waals surface area contributed by atoms with Crippen LogP contribution in [0.5, 0.6) is 11.5 Å². The maximum absolute atomic E-state index is 12.4. The molecule has 2 heterocycles. The van der Waals surface area contributed by atoms with Gasteiger partial charge < -0.3 is 9.84 Å². The average Bonchev–Trinajstić information content (AvgIpc) is 3.20. The summed E-state index contributed by atoms with van der Waals surface area (Å²) in [6.45, 7) is 3.70. The molecule has 0 bridgehead atoms. The van der Waals surface area contributed by atoms with Crippen LogP contribution in [0, 0.1) is 13.8 Å². The first kappa shape index (κ1) is 18.0. The lowest BCUT2D eigenvalue weighted by molar-refractivity contribution is 0.0958. The van der Waals surface area contributed by atoms with Crippen LogP contribution in [0.1, 0.15) is 26.6 Å². The molecule has 0 fully saturated rings. The quantitative estimate of drug-likeness (QED) is 0.516. The molecule has 0 spiro atoms. The molecule has 1 aromatic carbocycles. The number of hydrogen-bond donors (Lipinski definition) is 2. The number of carbonyl (C=O) groups is 1. The summed E-state index contributed by atoms with van der Waals surface area (Å²) in [5.74, 6) is 0.0467. The number of aromatic hydroxyl groups is 1. The Balaban J connectivity index is 1.71. The Hall–Kier alpha value is -2.78. The molecule has 1 amide bonds. The third-order valence-electron chi connectivity index (χ3n) is 3.53. The van der Waals surface area contributed by atoms with Gasteiger partial charge in [-0.2, -0.15) is 5.10 Å². The molecule has 26 heavy (non-hydrogen) atoms. The number of carbonyl (C=O) groups excluding carboxylic acids is 1. The molecular weight excluding hydrogens is 372 g/mol. The topological polar surface area (TPSA) is 96.7 Å². The van der Waals surface area contributed by atoms with Crippen LogP contribution in [0.15, 0.2) is 28.8 Å². The Labute approximate surface area is 158 Å². The van der Waals surface area contributed by atoms with Crippen molar-refractivity contribution < 1.29 is 14.6 Å². The Morgan fingerprint density at radius 3 is 2.81 bits per heavy atom. The van der Waals surface area contributed by atoms with E-state index in [1.54, 1.807) is 24.6 Å². The number of benzene rings is 1. The van der Waals surface area contributed by atoms with Crippen molar-refractivity contribution >= 4 is 34.8 Å². The molecule has 3 rings (SSSR count). The van der Waals surface area contributed by atoms with Gasteiger partial charge in [0.15, 0.2) is 11.5 Å². The maximum atomic E-state index is 12.4. The van der Waals surface area contributed by atoms with Gasteiger partial charge in [-0.25, -0.2) is 15.4 Å². The van der Waals surface area contributed by atoms with Gasteiger partial charge in [-0.15, -0.1) is 22.7 Å². The third kappa shape index (κ3) is 3.73.